The summed E-state index contributed by atoms with van der Waals surface area (Å²) in [5, 5.41) is 3.08. The van der Waals surface area contributed by atoms with Crippen molar-refractivity contribution in [3.8, 4) is 0 Å². The number of halogens is 1. The number of nitrogen functional groups attached to an aromatic ring is 1. The predicted molar refractivity (Wildman–Crippen MR) is 77.8 cm³/mol. The quantitative estimate of drug-likeness (QED) is 0.748. The summed E-state index contributed by atoms with van der Waals surface area (Å²) < 4.78 is 13.7. The van der Waals surface area contributed by atoms with E-state index in [-0.39, 0.29) is 5.56 Å². The largest absolute Gasteiger partial charge is 0.398 e. The van der Waals surface area contributed by atoms with Crippen molar-refractivity contribution in [2.75, 3.05) is 11.1 Å². The van der Waals surface area contributed by atoms with Crippen molar-refractivity contribution in [1.29, 1.82) is 0 Å². The number of hydrogen-bond acceptors (Lipinski definition) is 3. The van der Waals surface area contributed by atoms with Crippen molar-refractivity contribution >= 4 is 17.3 Å². The Morgan fingerprint density at radius 1 is 1.30 bits per heavy atom. The average molecular weight is 273 g/mol. The number of carbonyl (C=O) groups is 1. The zero-order valence-electron chi connectivity index (χ0n) is 11.1. The first-order valence-corrected chi connectivity index (χ1v) is 6.16. The number of carbonyl (C=O) groups excluding carboxylic acids is 1. The van der Waals surface area contributed by atoms with Crippen LogP contribution in [0.4, 0.5) is 15.8 Å². The number of primary amides is 1. The Balaban J connectivity index is 2.25. The molecule has 0 aromatic heterocycles. The van der Waals surface area contributed by atoms with Gasteiger partial charge in [0.2, 0.25) is 5.91 Å². The summed E-state index contributed by atoms with van der Waals surface area (Å²) in [6.45, 7) is 2.08. The van der Waals surface area contributed by atoms with Crippen LogP contribution in [0.15, 0.2) is 36.4 Å². The van der Waals surface area contributed by atoms with E-state index < -0.39 is 11.7 Å². The molecule has 0 spiro atoms. The minimum absolute atomic E-state index is 0.136. The Kier molecular flexibility index (Phi) is 3.89. The lowest BCUT2D eigenvalue weighted by atomic mass is 10.1. The minimum atomic E-state index is -0.661. The standard InChI is InChI=1S/C15H16FN3O/c1-9-12(16)6-11(15(18)20)7-14(9)19-8-10-4-2-3-5-13(10)17/h2-7,19H,8,17H2,1H3,(H2,18,20). The molecule has 0 saturated carbocycles. The zero-order valence-corrected chi connectivity index (χ0v) is 11.1. The van der Waals surface area contributed by atoms with E-state index in [1.54, 1.807) is 19.1 Å². The van der Waals surface area contributed by atoms with E-state index in [4.69, 9.17) is 11.5 Å². The van der Waals surface area contributed by atoms with Gasteiger partial charge in [-0.1, -0.05) is 18.2 Å². The highest BCUT2D eigenvalue weighted by molar-refractivity contribution is 5.94. The fourth-order valence-electron chi connectivity index (χ4n) is 1.89. The van der Waals surface area contributed by atoms with E-state index >= 15 is 0 Å². The Bertz CT molecular complexity index is 656. The van der Waals surface area contributed by atoms with E-state index in [2.05, 4.69) is 5.32 Å². The molecule has 0 aliphatic carbocycles. The van der Waals surface area contributed by atoms with Crippen molar-refractivity contribution in [3.63, 3.8) is 0 Å². The molecule has 0 saturated heterocycles. The smallest absolute Gasteiger partial charge is 0.248 e. The maximum absolute atomic E-state index is 13.7. The number of anilines is 2. The molecule has 20 heavy (non-hydrogen) atoms. The van der Waals surface area contributed by atoms with Crippen molar-refractivity contribution in [3.05, 3.63) is 58.9 Å². The van der Waals surface area contributed by atoms with Gasteiger partial charge in [-0.05, 0) is 30.7 Å². The molecule has 0 bridgehead atoms. The zero-order chi connectivity index (χ0) is 14.7. The van der Waals surface area contributed by atoms with Crippen LogP contribution in [0.3, 0.4) is 0 Å². The Hall–Kier alpha value is -2.56. The maximum Gasteiger partial charge on any atom is 0.248 e. The van der Waals surface area contributed by atoms with Gasteiger partial charge < -0.3 is 16.8 Å². The molecule has 2 aromatic carbocycles. The number of amides is 1. The summed E-state index contributed by atoms with van der Waals surface area (Å²) in [6.07, 6.45) is 0. The second-order valence-electron chi connectivity index (χ2n) is 4.55. The normalized spacial score (nSPS) is 10.3. The number of para-hydroxylation sites is 1. The summed E-state index contributed by atoms with van der Waals surface area (Å²) in [5.41, 5.74) is 13.7. The van der Waals surface area contributed by atoms with Crippen LogP contribution >= 0.6 is 0 Å². The van der Waals surface area contributed by atoms with Gasteiger partial charge in [0.1, 0.15) is 5.82 Å². The summed E-state index contributed by atoms with van der Waals surface area (Å²) in [6, 6.07) is 10.1. The van der Waals surface area contributed by atoms with Gasteiger partial charge in [0, 0.05) is 29.0 Å². The molecule has 2 rings (SSSR count). The van der Waals surface area contributed by atoms with Gasteiger partial charge >= 0.3 is 0 Å². The van der Waals surface area contributed by atoms with Gasteiger partial charge in [-0.25, -0.2) is 4.39 Å². The van der Waals surface area contributed by atoms with Crippen molar-refractivity contribution in [2.45, 2.75) is 13.5 Å². The first-order valence-electron chi connectivity index (χ1n) is 6.16. The van der Waals surface area contributed by atoms with Gasteiger partial charge in [-0.15, -0.1) is 0 Å². The van der Waals surface area contributed by atoms with Gasteiger partial charge in [-0.3, -0.25) is 4.79 Å². The van der Waals surface area contributed by atoms with Crippen molar-refractivity contribution in [2.24, 2.45) is 5.73 Å². The lowest BCUT2D eigenvalue weighted by Gasteiger charge is -2.13. The molecule has 0 fully saturated rings. The molecule has 5 N–H and O–H groups in total. The van der Waals surface area contributed by atoms with Gasteiger partial charge in [0.15, 0.2) is 0 Å². The van der Waals surface area contributed by atoms with Crippen LogP contribution in [-0.4, -0.2) is 5.91 Å². The molecule has 0 aliphatic heterocycles. The Morgan fingerprint density at radius 3 is 2.65 bits per heavy atom. The number of rotatable bonds is 4. The molecule has 0 unspecified atom stereocenters. The van der Waals surface area contributed by atoms with Crippen LogP contribution in [-0.2, 0) is 6.54 Å². The highest BCUT2D eigenvalue weighted by Gasteiger charge is 2.10. The Morgan fingerprint density at radius 2 is 2.00 bits per heavy atom. The van der Waals surface area contributed by atoms with E-state index in [0.29, 0.717) is 23.5 Å². The van der Waals surface area contributed by atoms with Crippen molar-refractivity contribution < 1.29 is 9.18 Å². The highest BCUT2D eigenvalue weighted by atomic mass is 19.1. The number of nitrogens with one attached hydrogen (secondary N) is 1. The van der Waals surface area contributed by atoms with Crippen LogP contribution in [0.2, 0.25) is 0 Å². The maximum atomic E-state index is 13.7. The molecule has 4 nitrogen and oxygen atoms in total. The van der Waals surface area contributed by atoms with Crippen LogP contribution in [0.25, 0.3) is 0 Å². The van der Waals surface area contributed by atoms with Gasteiger partial charge in [-0.2, -0.15) is 0 Å². The van der Waals surface area contributed by atoms with Crippen LogP contribution in [0.5, 0.6) is 0 Å². The Labute approximate surface area is 116 Å². The molecular weight excluding hydrogens is 257 g/mol. The van der Waals surface area contributed by atoms with E-state index in [1.165, 1.54) is 0 Å². The molecule has 0 atom stereocenters. The molecule has 1 amide bonds. The molecule has 5 heteroatoms. The monoisotopic (exact) mass is 273 g/mol. The lowest BCUT2D eigenvalue weighted by molar-refractivity contribution is 0.1000. The van der Waals surface area contributed by atoms with Crippen molar-refractivity contribution in [1.82, 2.24) is 0 Å². The number of benzene rings is 2. The second kappa shape index (κ2) is 5.61. The molecule has 0 heterocycles. The molecule has 0 radical (unpaired) electrons. The predicted octanol–water partition coefficient (Wildman–Crippen LogP) is 2.43. The summed E-state index contributed by atoms with van der Waals surface area (Å²) in [5.74, 6) is -1.13. The highest BCUT2D eigenvalue weighted by Crippen LogP contribution is 2.22. The number of hydrogen-bond donors (Lipinski definition) is 3. The second-order valence-corrected chi connectivity index (χ2v) is 4.55. The molecule has 104 valence electrons. The van der Waals surface area contributed by atoms with Gasteiger partial charge in [0.05, 0.1) is 0 Å². The first-order chi connectivity index (χ1) is 9.49. The average Bonchev–Trinajstić information content (AvgIpc) is 2.41. The third-order valence-electron chi connectivity index (χ3n) is 3.15. The fourth-order valence-corrected chi connectivity index (χ4v) is 1.89. The third-order valence-corrected chi connectivity index (χ3v) is 3.15. The lowest BCUT2D eigenvalue weighted by Crippen LogP contribution is -2.13. The first kappa shape index (κ1) is 13.9. The minimum Gasteiger partial charge on any atom is -0.398 e. The fraction of sp³-hybridized carbons (Fsp3) is 0.133. The number of nitrogens with two attached hydrogens (primary N) is 2. The van der Waals surface area contributed by atoms with E-state index in [9.17, 15) is 9.18 Å². The molecular formula is C15H16FN3O. The topological polar surface area (TPSA) is 81.1 Å². The van der Waals surface area contributed by atoms with Gasteiger partial charge in [0.25, 0.3) is 0 Å². The molecule has 2 aromatic rings. The molecule has 0 aliphatic rings. The van der Waals surface area contributed by atoms with E-state index in [1.807, 2.05) is 18.2 Å². The van der Waals surface area contributed by atoms with Crippen LogP contribution < -0.4 is 16.8 Å². The third kappa shape index (κ3) is 2.88. The van der Waals surface area contributed by atoms with Crippen LogP contribution in [0.1, 0.15) is 21.5 Å². The summed E-state index contributed by atoms with van der Waals surface area (Å²) >= 11 is 0. The summed E-state index contributed by atoms with van der Waals surface area (Å²) in [7, 11) is 0. The SMILES string of the molecule is Cc1c(F)cc(C(N)=O)cc1NCc1ccccc1N. The van der Waals surface area contributed by atoms with Crippen LogP contribution in [0, 0.1) is 12.7 Å². The summed E-state index contributed by atoms with van der Waals surface area (Å²) in [4.78, 5) is 11.2. The van der Waals surface area contributed by atoms with E-state index in [0.717, 1.165) is 11.6 Å².